The second-order valence-corrected chi connectivity index (χ2v) is 1.90. The molecule has 0 radical (unpaired) electrons. The Morgan fingerprint density at radius 1 is 1.86 bits per heavy atom. The molecule has 0 amide bonds. The second-order valence-electron chi connectivity index (χ2n) is 1.90. The molecule has 1 aliphatic rings. The van der Waals surface area contributed by atoms with E-state index in [1.54, 1.807) is 0 Å². The minimum absolute atomic E-state index is 0.498. The molecule has 0 bridgehead atoms. The summed E-state index contributed by atoms with van der Waals surface area (Å²) in [6.45, 7) is 5.67. The van der Waals surface area contributed by atoms with Crippen LogP contribution in [-0.2, 0) is 4.74 Å². The number of ether oxygens (including phenoxy) is 1. The van der Waals surface area contributed by atoms with Crippen LogP contribution in [0, 0.1) is 0 Å². The van der Waals surface area contributed by atoms with Gasteiger partial charge in [-0.1, -0.05) is 6.08 Å². The quantitative estimate of drug-likeness (QED) is 0.375. The van der Waals surface area contributed by atoms with Crippen molar-refractivity contribution in [2.45, 2.75) is 25.6 Å². The molecule has 0 N–H and O–H groups in total. The van der Waals surface area contributed by atoms with Gasteiger partial charge in [-0.3, -0.25) is 0 Å². The first-order valence-corrected chi connectivity index (χ1v) is 2.61. The Morgan fingerprint density at radius 3 is 2.57 bits per heavy atom. The zero-order valence-electron chi connectivity index (χ0n) is 4.55. The molecule has 7 heavy (non-hydrogen) atoms. The van der Waals surface area contributed by atoms with Gasteiger partial charge in [-0.15, -0.1) is 6.58 Å². The van der Waals surface area contributed by atoms with Crippen molar-refractivity contribution in [1.82, 2.24) is 0 Å². The third kappa shape index (κ3) is 1.03. The number of rotatable bonds is 2. The van der Waals surface area contributed by atoms with Crippen LogP contribution < -0.4 is 0 Å². The molecule has 0 aromatic heterocycles. The summed E-state index contributed by atoms with van der Waals surface area (Å²) in [5.74, 6) is 0. The van der Waals surface area contributed by atoms with E-state index in [1.165, 1.54) is 0 Å². The van der Waals surface area contributed by atoms with Crippen LogP contribution in [0.3, 0.4) is 0 Å². The Hall–Kier alpha value is -0.300. The van der Waals surface area contributed by atoms with Crippen molar-refractivity contribution in [2.24, 2.45) is 0 Å². The van der Waals surface area contributed by atoms with Gasteiger partial charge >= 0.3 is 0 Å². The van der Waals surface area contributed by atoms with E-state index in [4.69, 9.17) is 4.74 Å². The molecule has 1 rings (SSSR count). The minimum Gasteiger partial charge on any atom is -0.370 e. The van der Waals surface area contributed by atoms with Crippen molar-refractivity contribution in [1.29, 1.82) is 0 Å². The van der Waals surface area contributed by atoms with Crippen molar-refractivity contribution in [3.05, 3.63) is 12.7 Å². The number of hydrogen-bond donors (Lipinski definition) is 0. The SMILES string of the molecule is C=CC[C@@H]1O[C@@H]1C. The molecule has 1 nitrogen and oxygen atoms in total. The summed E-state index contributed by atoms with van der Waals surface area (Å²) >= 11 is 0. The topological polar surface area (TPSA) is 12.5 Å². The fourth-order valence-electron chi connectivity index (χ4n) is 0.642. The molecule has 2 atom stereocenters. The van der Waals surface area contributed by atoms with E-state index in [1.807, 2.05) is 6.08 Å². The van der Waals surface area contributed by atoms with Gasteiger partial charge in [-0.2, -0.15) is 0 Å². The first-order chi connectivity index (χ1) is 3.34. The molecule has 0 aliphatic carbocycles. The first-order valence-electron chi connectivity index (χ1n) is 2.61. The third-order valence-corrected chi connectivity index (χ3v) is 1.24. The summed E-state index contributed by atoms with van der Waals surface area (Å²) in [4.78, 5) is 0. The fraction of sp³-hybridized carbons (Fsp3) is 0.667. The van der Waals surface area contributed by atoms with E-state index < -0.39 is 0 Å². The lowest BCUT2D eigenvalue weighted by Gasteiger charge is -1.76. The molecule has 1 fully saturated rings. The molecular weight excluding hydrogens is 88.1 g/mol. The molecule has 1 aliphatic heterocycles. The van der Waals surface area contributed by atoms with Gasteiger partial charge in [0.15, 0.2) is 0 Å². The van der Waals surface area contributed by atoms with Gasteiger partial charge in [0.2, 0.25) is 0 Å². The predicted octanol–water partition coefficient (Wildman–Crippen LogP) is 1.35. The van der Waals surface area contributed by atoms with Gasteiger partial charge in [-0.25, -0.2) is 0 Å². The van der Waals surface area contributed by atoms with Crippen molar-refractivity contribution in [3.8, 4) is 0 Å². The Bertz CT molecular complexity index is 78.2. The maximum Gasteiger partial charge on any atom is 0.0873 e. The van der Waals surface area contributed by atoms with Crippen LogP contribution in [0.25, 0.3) is 0 Å². The normalized spacial score (nSPS) is 37.9. The maximum absolute atomic E-state index is 5.09. The highest BCUT2D eigenvalue weighted by molar-refractivity contribution is 4.86. The van der Waals surface area contributed by atoms with Crippen LogP contribution in [0.2, 0.25) is 0 Å². The molecule has 1 saturated heterocycles. The minimum atomic E-state index is 0.498. The van der Waals surface area contributed by atoms with E-state index in [9.17, 15) is 0 Å². The van der Waals surface area contributed by atoms with Crippen molar-refractivity contribution in [3.63, 3.8) is 0 Å². The number of hydrogen-bond acceptors (Lipinski definition) is 1. The highest BCUT2D eigenvalue weighted by Crippen LogP contribution is 2.23. The summed E-state index contributed by atoms with van der Waals surface area (Å²) in [5, 5.41) is 0. The summed E-state index contributed by atoms with van der Waals surface area (Å²) in [7, 11) is 0. The van der Waals surface area contributed by atoms with Crippen LogP contribution in [-0.4, -0.2) is 12.2 Å². The van der Waals surface area contributed by atoms with Gasteiger partial charge in [0.1, 0.15) is 0 Å². The molecule has 1 heteroatoms. The summed E-state index contributed by atoms with van der Waals surface area (Å²) in [5.41, 5.74) is 0. The van der Waals surface area contributed by atoms with E-state index in [0.717, 1.165) is 6.42 Å². The molecule has 0 saturated carbocycles. The maximum atomic E-state index is 5.09. The molecule has 40 valence electrons. The lowest BCUT2D eigenvalue weighted by atomic mass is 10.2. The highest BCUT2D eigenvalue weighted by Gasteiger charge is 2.31. The lowest BCUT2D eigenvalue weighted by molar-refractivity contribution is 0.380. The molecule has 0 spiro atoms. The monoisotopic (exact) mass is 98.1 g/mol. The average Bonchev–Trinajstić information content (AvgIpc) is 2.22. The molecule has 1 heterocycles. The molecule has 0 aromatic carbocycles. The summed E-state index contributed by atoms with van der Waals surface area (Å²) in [6, 6.07) is 0. The summed E-state index contributed by atoms with van der Waals surface area (Å²) in [6.07, 6.45) is 3.91. The molecule has 0 aromatic rings. The zero-order chi connectivity index (χ0) is 5.28. The van der Waals surface area contributed by atoms with Gasteiger partial charge in [0.05, 0.1) is 12.2 Å². The van der Waals surface area contributed by atoms with Crippen molar-refractivity contribution < 1.29 is 4.74 Å². The average molecular weight is 98.1 g/mol. The summed E-state index contributed by atoms with van der Waals surface area (Å²) < 4.78 is 5.09. The zero-order valence-corrected chi connectivity index (χ0v) is 4.55. The van der Waals surface area contributed by atoms with Crippen LogP contribution >= 0.6 is 0 Å². The largest absolute Gasteiger partial charge is 0.370 e. The second kappa shape index (κ2) is 1.66. The van der Waals surface area contributed by atoms with E-state index in [0.29, 0.717) is 12.2 Å². The Morgan fingerprint density at radius 2 is 2.43 bits per heavy atom. The van der Waals surface area contributed by atoms with Crippen molar-refractivity contribution >= 4 is 0 Å². The molecule has 0 unspecified atom stereocenters. The smallest absolute Gasteiger partial charge is 0.0873 e. The van der Waals surface area contributed by atoms with Gasteiger partial charge < -0.3 is 4.74 Å². The van der Waals surface area contributed by atoms with Crippen LogP contribution in [0.5, 0.6) is 0 Å². The Kier molecular flexibility index (Phi) is 1.15. The predicted molar refractivity (Wildman–Crippen MR) is 29.1 cm³/mol. The lowest BCUT2D eigenvalue weighted by Crippen LogP contribution is -1.83. The Balaban J connectivity index is 2.08. The van der Waals surface area contributed by atoms with Crippen LogP contribution in [0.15, 0.2) is 12.7 Å². The standard InChI is InChI=1S/C6H10O/c1-3-4-6-5(2)7-6/h3,5-6H,1,4H2,2H3/t5-,6+/m1/s1. The van der Waals surface area contributed by atoms with Crippen molar-refractivity contribution in [2.75, 3.05) is 0 Å². The van der Waals surface area contributed by atoms with Gasteiger partial charge in [-0.05, 0) is 13.3 Å². The fourth-order valence-corrected chi connectivity index (χ4v) is 0.642. The third-order valence-electron chi connectivity index (χ3n) is 1.24. The van der Waals surface area contributed by atoms with Gasteiger partial charge in [0, 0.05) is 0 Å². The molecular formula is C6H10O. The first kappa shape index (κ1) is 4.85. The van der Waals surface area contributed by atoms with E-state index in [-0.39, 0.29) is 0 Å². The number of epoxide rings is 1. The highest BCUT2D eigenvalue weighted by atomic mass is 16.6. The van der Waals surface area contributed by atoms with Crippen LogP contribution in [0.1, 0.15) is 13.3 Å². The van der Waals surface area contributed by atoms with E-state index >= 15 is 0 Å². The van der Waals surface area contributed by atoms with Crippen LogP contribution in [0.4, 0.5) is 0 Å². The van der Waals surface area contributed by atoms with Gasteiger partial charge in [0.25, 0.3) is 0 Å². The Labute approximate surface area is 44.0 Å². The van der Waals surface area contributed by atoms with E-state index in [2.05, 4.69) is 13.5 Å².